The van der Waals surface area contributed by atoms with Gasteiger partial charge in [-0.1, -0.05) is 12.1 Å². The molecule has 0 aromatic heterocycles. The maximum Gasteiger partial charge on any atom is 0.251 e. The maximum absolute atomic E-state index is 12.5. The van der Waals surface area contributed by atoms with E-state index in [1.165, 1.54) is 12.8 Å². The Morgan fingerprint density at radius 2 is 1.73 bits per heavy atom. The quantitative estimate of drug-likeness (QED) is 0.691. The molecule has 140 valence electrons. The molecule has 3 saturated heterocycles. The van der Waals surface area contributed by atoms with Crippen molar-refractivity contribution in [2.24, 2.45) is 5.92 Å². The second-order valence-electron chi connectivity index (χ2n) is 7.49. The van der Waals surface area contributed by atoms with Gasteiger partial charge < -0.3 is 10.6 Å². The van der Waals surface area contributed by atoms with E-state index >= 15 is 0 Å². The third kappa shape index (κ3) is 4.07. The Morgan fingerprint density at radius 1 is 1.08 bits per heavy atom. The normalized spacial score (nSPS) is 29.8. The van der Waals surface area contributed by atoms with Gasteiger partial charge in [0.1, 0.15) is 0 Å². The minimum atomic E-state index is -0.294. The predicted molar refractivity (Wildman–Crippen MR) is 99.1 cm³/mol. The number of benzene rings is 1. The molecule has 3 fully saturated rings. The average molecular weight is 378 g/mol. The summed E-state index contributed by atoms with van der Waals surface area (Å²) in [4.78, 5) is 35.3. The Labute approximate surface area is 158 Å². The summed E-state index contributed by atoms with van der Waals surface area (Å²) < 4.78 is 0. The molecule has 6 nitrogen and oxygen atoms in total. The van der Waals surface area contributed by atoms with Crippen LogP contribution in [0.2, 0.25) is 0 Å². The van der Waals surface area contributed by atoms with Crippen LogP contribution >= 0.6 is 12.4 Å². The van der Waals surface area contributed by atoms with Crippen molar-refractivity contribution >= 4 is 30.1 Å². The Morgan fingerprint density at radius 3 is 2.31 bits per heavy atom. The first kappa shape index (κ1) is 18.9. The minimum absolute atomic E-state index is 0. The van der Waals surface area contributed by atoms with Gasteiger partial charge in [-0.15, -0.1) is 12.4 Å². The lowest BCUT2D eigenvalue weighted by Crippen LogP contribution is -2.48. The smallest absolute Gasteiger partial charge is 0.251 e. The summed E-state index contributed by atoms with van der Waals surface area (Å²) in [6.07, 6.45) is 5.21. The topological polar surface area (TPSA) is 87.3 Å². The van der Waals surface area contributed by atoms with Crippen LogP contribution in [0.4, 0.5) is 0 Å². The molecule has 3 N–H and O–H groups in total. The van der Waals surface area contributed by atoms with Crippen LogP contribution in [0, 0.1) is 5.92 Å². The lowest BCUT2D eigenvalue weighted by atomic mass is 9.96. The van der Waals surface area contributed by atoms with Crippen LogP contribution in [-0.2, 0) is 16.0 Å². The third-order valence-electron chi connectivity index (χ3n) is 5.57. The fourth-order valence-electron chi connectivity index (χ4n) is 4.29. The van der Waals surface area contributed by atoms with E-state index in [1.54, 1.807) is 12.1 Å². The number of piperidine rings is 1. The molecule has 0 aliphatic carbocycles. The molecule has 3 unspecified atom stereocenters. The van der Waals surface area contributed by atoms with Gasteiger partial charge in [0.15, 0.2) is 0 Å². The minimum Gasteiger partial charge on any atom is -0.349 e. The Bertz CT molecular complexity index is 694. The van der Waals surface area contributed by atoms with E-state index < -0.39 is 0 Å². The van der Waals surface area contributed by atoms with Gasteiger partial charge in [-0.2, -0.15) is 0 Å². The number of carbonyl (C=O) groups is 3. The second kappa shape index (κ2) is 7.76. The van der Waals surface area contributed by atoms with Gasteiger partial charge in [0.05, 0.1) is 5.92 Å². The van der Waals surface area contributed by atoms with Crippen LogP contribution in [0.1, 0.15) is 48.0 Å². The monoisotopic (exact) mass is 377 g/mol. The Kier molecular flexibility index (Phi) is 5.63. The van der Waals surface area contributed by atoms with Gasteiger partial charge in [-0.3, -0.25) is 19.7 Å². The molecule has 3 amide bonds. The number of fused-ring (bicyclic) bond motifs is 2. The molecule has 3 atom stereocenters. The fraction of sp³-hybridized carbons (Fsp3) is 0.526. The first-order valence-electron chi connectivity index (χ1n) is 9.06. The number of imide groups is 1. The SMILES string of the molecule is Cl.O=C1CC(Cc2ccc(C(=O)NC3CC4CCC(C3)N4)cc2)C(=O)N1. The summed E-state index contributed by atoms with van der Waals surface area (Å²) >= 11 is 0. The second-order valence-corrected chi connectivity index (χ2v) is 7.49. The lowest BCUT2D eigenvalue weighted by Gasteiger charge is -2.29. The summed E-state index contributed by atoms with van der Waals surface area (Å²) in [5, 5.41) is 9.05. The number of rotatable bonds is 4. The van der Waals surface area contributed by atoms with Crippen LogP contribution in [0.15, 0.2) is 24.3 Å². The van der Waals surface area contributed by atoms with E-state index in [1.807, 2.05) is 12.1 Å². The molecule has 0 saturated carbocycles. The van der Waals surface area contributed by atoms with Crippen molar-refractivity contribution < 1.29 is 14.4 Å². The van der Waals surface area contributed by atoms with Gasteiger partial charge in [0.25, 0.3) is 5.91 Å². The summed E-state index contributed by atoms with van der Waals surface area (Å²) in [7, 11) is 0. The van der Waals surface area contributed by atoms with Crippen molar-refractivity contribution in [2.45, 2.75) is 56.7 Å². The summed E-state index contributed by atoms with van der Waals surface area (Å²) in [6, 6.07) is 8.69. The highest BCUT2D eigenvalue weighted by Gasteiger charge is 2.34. The van der Waals surface area contributed by atoms with E-state index in [0.29, 0.717) is 24.1 Å². The lowest BCUT2D eigenvalue weighted by molar-refractivity contribution is -0.125. The zero-order chi connectivity index (χ0) is 17.4. The molecule has 0 spiro atoms. The number of amides is 3. The third-order valence-corrected chi connectivity index (χ3v) is 5.57. The van der Waals surface area contributed by atoms with Gasteiger partial charge in [0, 0.05) is 30.1 Å². The average Bonchev–Trinajstić information content (AvgIpc) is 3.09. The number of halogens is 1. The van der Waals surface area contributed by atoms with Gasteiger partial charge >= 0.3 is 0 Å². The highest BCUT2D eigenvalue weighted by Crippen LogP contribution is 2.27. The standard InChI is InChI=1S/C19H23N3O3.ClH/c23-17-8-13(19(25)22-17)7-11-1-3-12(4-2-11)18(24)21-16-9-14-5-6-15(10-16)20-14;/h1-4,13-16,20H,5-10H2,(H,21,24)(H,22,23,25);1H. The highest BCUT2D eigenvalue weighted by molar-refractivity contribution is 6.03. The number of carbonyl (C=O) groups excluding carboxylic acids is 3. The molecular formula is C19H24ClN3O3. The van der Waals surface area contributed by atoms with Crippen LogP contribution < -0.4 is 16.0 Å². The molecular weight excluding hydrogens is 354 g/mol. The number of hydrogen-bond acceptors (Lipinski definition) is 4. The van der Waals surface area contributed by atoms with Crippen LogP contribution in [0.25, 0.3) is 0 Å². The summed E-state index contributed by atoms with van der Waals surface area (Å²) in [6.45, 7) is 0. The first-order valence-corrected chi connectivity index (χ1v) is 9.06. The molecule has 3 heterocycles. The predicted octanol–water partition coefficient (Wildman–Crippen LogP) is 1.33. The van der Waals surface area contributed by atoms with Crippen LogP contribution in [0.3, 0.4) is 0 Å². The van der Waals surface area contributed by atoms with E-state index in [0.717, 1.165) is 18.4 Å². The van der Waals surface area contributed by atoms with E-state index in [4.69, 9.17) is 0 Å². The fourth-order valence-corrected chi connectivity index (χ4v) is 4.29. The van der Waals surface area contributed by atoms with Crippen LogP contribution in [-0.4, -0.2) is 35.8 Å². The molecule has 4 rings (SSSR count). The Hall–Kier alpha value is -1.92. The van der Waals surface area contributed by atoms with Crippen molar-refractivity contribution in [2.75, 3.05) is 0 Å². The van der Waals surface area contributed by atoms with E-state index in [2.05, 4.69) is 16.0 Å². The molecule has 2 bridgehead atoms. The molecule has 0 radical (unpaired) electrons. The van der Waals surface area contributed by atoms with Gasteiger partial charge in [-0.05, 0) is 49.8 Å². The molecule has 7 heteroatoms. The van der Waals surface area contributed by atoms with E-state index in [9.17, 15) is 14.4 Å². The van der Waals surface area contributed by atoms with Gasteiger partial charge in [-0.25, -0.2) is 0 Å². The Balaban J connectivity index is 0.00000196. The van der Waals surface area contributed by atoms with Crippen molar-refractivity contribution in [3.05, 3.63) is 35.4 Å². The van der Waals surface area contributed by atoms with Crippen LogP contribution in [0.5, 0.6) is 0 Å². The van der Waals surface area contributed by atoms with Crippen molar-refractivity contribution in [3.63, 3.8) is 0 Å². The summed E-state index contributed by atoms with van der Waals surface area (Å²) in [5.74, 6) is -0.738. The molecule has 1 aromatic carbocycles. The zero-order valence-corrected chi connectivity index (χ0v) is 15.3. The molecule has 1 aromatic rings. The van der Waals surface area contributed by atoms with Gasteiger partial charge in [0.2, 0.25) is 11.8 Å². The molecule has 3 aliphatic rings. The first-order chi connectivity index (χ1) is 12.1. The molecule has 3 aliphatic heterocycles. The van der Waals surface area contributed by atoms with Crippen molar-refractivity contribution in [1.82, 2.24) is 16.0 Å². The number of nitrogens with one attached hydrogen (secondary N) is 3. The highest BCUT2D eigenvalue weighted by atomic mass is 35.5. The molecule has 26 heavy (non-hydrogen) atoms. The zero-order valence-electron chi connectivity index (χ0n) is 14.5. The van der Waals surface area contributed by atoms with E-state index in [-0.39, 0.29) is 48.5 Å². The number of hydrogen-bond donors (Lipinski definition) is 3. The van der Waals surface area contributed by atoms with Crippen molar-refractivity contribution in [1.29, 1.82) is 0 Å². The maximum atomic E-state index is 12.5. The largest absolute Gasteiger partial charge is 0.349 e. The summed E-state index contributed by atoms with van der Waals surface area (Å²) in [5.41, 5.74) is 1.60. The van der Waals surface area contributed by atoms with Crippen molar-refractivity contribution in [3.8, 4) is 0 Å².